The van der Waals surface area contributed by atoms with Gasteiger partial charge < -0.3 is 15.3 Å². The fourth-order valence-corrected chi connectivity index (χ4v) is 1.80. The summed E-state index contributed by atoms with van der Waals surface area (Å²) in [5, 5.41) is 24.2. The Labute approximate surface area is 136 Å². The van der Waals surface area contributed by atoms with Gasteiger partial charge in [-0.25, -0.2) is 4.79 Å². The number of amides is 1. The topological polar surface area (TPSA) is 125 Å². The maximum absolute atomic E-state index is 12.0. The van der Waals surface area contributed by atoms with Crippen molar-refractivity contribution in [1.29, 1.82) is 0 Å². The summed E-state index contributed by atoms with van der Waals surface area (Å²) in [6, 6.07) is 8.11. The van der Waals surface area contributed by atoms with E-state index in [0.717, 1.165) is 12.4 Å². The van der Waals surface area contributed by atoms with Crippen LogP contribution in [0, 0.1) is 15.3 Å². The van der Waals surface area contributed by atoms with Crippen molar-refractivity contribution >= 4 is 23.3 Å². The number of para-hydroxylation sites is 2. The van der Waals surface area contributed by atoms with E-state index in [0.29, 0.717) is 4.73 Å². The van der Waals surface area contributed by atoms with Crippen LogP contribution in [0.3, 0.4) is 0 Å². The Hall–Kier alpha value is -3.49. The van der Waals surface area contributed by atoms with Crippen molar-refractivity contribution in [3.05, 3.63) is 69.7 Å². The quantitative estimate of drug-likeness (QED) is 0.290. The number of hydrogen-bond donors (Lipinski definition) is 1. The van der Waals surface area contributed by atoms with Crippen LogP contribution >= 0.6 is 0 Å². The van der Waals surface area contributed by atoms with Crippen LogP contribution in [0.25, 0.3) is 0 Å². The Bertz CT molecular complexity index is 775. The van der Waals surface area contributed by atoms with Gasteiger partial charge in [-0.05, 0) is 13.0 Å². The molecule has 0 unspecified atom stereocenters. The van der Waals surface area contributed by atoms with Gasteiger partial charge in [-0.15, -0.1) is 0 Å². The largest absolute Gasteiger partial charge is 0.619 e. The molecule has 1 amide bonds. The first-order valence-corrected chi connectivity index (χ1v) is 6.82. The summed E-state index contributed by atoms with van der Waals surface area (Å²) in [5.41, 5.74) is -0.164. The normalized spacial score (nSPS) is 11.4. The molecule has 1 N–H and O–H groups in total. The number of nitrogens with one attached hydrogen (secondary N) is 1. The first-order chi connectivity index (χ1) is 11.4. The fraction of sp³-hybridized carbons (Fsp3) is 0.133. The second-order valence-corrected chi connectivity index (χ2v) is 4.76. The molecule has 24 heavy (non-hydrogen) atoms. The summed E-state index contributed by atoms with van der Waals surface area (Å²) in [6.45, 7) is 1.33. The minimum atomic E-state index is -1.18. The van der Waals surface area contributed by atoms with Gasteiger partial charge >= 0.3 is 5.97 Å². The second kappa shape index (κ2) is 7.18. The Morgan fingerprint density at radius 1 is 1.21 bits per heavy atom. The van der Waals surface area contributed by atoms with Crippen molar-refractivity contribution in [1.82, 2.24) is 0 Å². The van der Waals surface area contributed by atoms with Crippen LogP contribution < -0.4 is 10.0 Å². The molecule has 0 aliphatic carbocycles. The molecule has 1 atom stereocenters. The maximum Gasteiger partial charge on any atom is 0.339 e. The summed E-state index contributed by atoms with van der Waals surface area (Å²) < 4.78 is 5.48. The van der Waals surface area contributed by atoms with Crippen LogP contribution in [-0.2, 0) is 9.53 Å². The molecule has 2 rings (SSSR count). The van der Waals surface area contributed by atoms with E-state index in [9.17, 15) is 24.9 Å². The number of nitro groups is 1. The summed E-state index contributed by atoms with van der Waals surface area (Å²) >= 11 is 0. The van der Waals surface area contributed by atoms with Crippen molar-refractivity contribution in [3.63, 3.8) is 0 Å². The summed E-state index contributed by atoms with van der Waals surface area (Å²) in [7, 11) is 0. The van der Waals surface area contributed by atoms with Crippen LogP contribution in [0.4, 0.5) is 11.4 Å². The summed E-state index contributed by atoms with van der Waals surface area (Å²) in [6.07, 6.45) is 1.06. The molecule has 2 aromatic rings. The fourth-order valence-electron chi connectivity index (χ4n) is 1.80. The van der Waals surface area contributed by atoms with Crippen molar-refractivity contribution in [2.24, 2.45) is 0 Å². The number of nitrogens with zero attached hydrogens (tertiary/aromatic N) is 2. The molecule has 124 valence electrons. The molecule has 0 aliphatic heterocycles. The molecule has 1 aromatic heterocycles. The highest BCUT2D eigenvalue weighted by molar-refractivity contribution is 5.98. The smallest absolute Gasteiger partial charge is 0.339 e. The van der Waals surface area contributed by atoms with Gasteiger partial charge in [0.15, 0.2) is 18.5 Å². The first kappa shape index (κ1) is 16.9. The highest BCUT2D eigenvalue weighted by Gasteiger charge is 2.22. The number of hydrogen-bond acceptors (Lipinski definition) is 6. The van der Waals surface area contributed by atoms with Crippen molar-refractivity contribution in [2.75, 3.05) is 5.32 Å². The molecule has 0 spiro atoms. The van der Waals surface area contributed by atoms with E-state index in [1.165, 1.54) is 43.3 Å². The van der Waals surface area contributed by atoms with Crippen molar-refractivity contribution < 1.29 is 24.0 Å². The van der Waals surface area contributed by atoms with Crippen LogP contribution in [0.5, 0.6) is 0 Å². The molecule has 0 aliphatic rings. The van der Waals surface area contributed by atoms with Gasteiger partial charge in [-0.1, -0.05) is 12.1 Å². The zero-order valence-electron chi connectivity index (χ0n) is 12.5. The van der Waals surface area contributed by atoms with E-state index < -0.39 is 22.9 Å². The Balaban J connectivity index is 2.04. The molecule has 9 heteroatoms. The minimum absolute atomic E-state index is 0.00232. The van der Waals surface area contributed by atoms with Gasteiger partial charge in [0.1, 0.15) is 5.69 Å². The zero-order chi connectivity index (χ0) is 17.7. The Kier molecular flexibility index (Phi) is 5.05. The lowest BCUT2D eigenvalue weighted by molar-refractivity contribution is -0.605. The average molecular weight is 331 g/mol. The molecule has 0 fully saturated rings. The lowest BCUT2D eigenvalue weighted by Gasteiger charge is -2.13. The highest BCUT2D eigenvalue weighted by atomic mass is 16.6. The van der Waals surface area contributed by atoms with Crippen LogP contribution in [-0.4, -0.2) is 22.9 Å². The molecule has 0 saturated carbocycles. The van der Waals surface area contributed by atoms with E-state index >= 15 is 0 Å². The Morgan fingerprint density at radius 3 is 2.46 bits per heavy atom. The molecule has 0 bridgehead atoms. The third kappa shape index (κ3) is 4.03. The number of pyridine rings is 1. The number of carbonyl (C=O) groups excluding carboxylic acids is 2. The first-order valence-electron chi connectivity index (χ1n) is 6.82. The van der Waals surface area contributed by atoms with Gasteiger partial charge in [0.25, 0.3) is 11.6 Å². The van der Waals surface area contributed by atoms with E-state index in [1.807, 2.05) is 0 Å². The third-order valence-corrected chi connectivity index (χ3v) is 3.05. The second-order valence-electron chi connectivity index (χ2n) is 4.76. The average Bonchev–Trinajstić information content (AvgIpc) is 2.55. The number of rotatable bonds is 5. The predicted octanol–water partition coefficient (Wildman–Crippen LogP) is 1.41. The molecule has 0 radical (unpaired) electrons. The van der Waals surface area contributed by atoms with Gasteiger partial charge in [0, 0.05) is 18.2 Å². The number of carbonyl (C=O) groups is 2. The van der Waals surface area contributed by atoms with Gasteiger partial charge in [0.2, 0.25) is 0 Å². The van der Waals surface area contributed by atoms with Gasteiger partial charge in [0.05, 0.1) is 10.5 Å². The van der Waals surface area contributed by atoms with Crippen molar-refractivity contribution in [2.45, 2.75) is 13.0 Å². The van der Waals surface area contributed by atoms with Crippen LogP contribution in [0.2, 0.25) is 0 Å². The molecular formula is C15H13N3O6. The van der Waals surface area contributed by atoms with E-state index in [-0.39, 0.29) is 16.9 Å². The van der Waals surface area contributed by atoms with Crippen LogP contribution in [0.15, 0.2) is 48.8 Å². The van der Waals surface area contributed by atoms with E-state index in [4.69, 9.17) is 4.74 Å². The third-order valence-electron chi connectivity index (χ3n) is 3.05. The Morgan fingerprint density at radius 2 is 1.83 bits per heavy atom. The standard InChI is InChI=1S/C15H13N3O6/c1-10(24-15(20)11-6-8-17(21)9-7-11)14(19)16-12-4-2-3-5-13(12)18(22)23/h2-10H,1H3,(H,16,19)/t10-/m0/s1. The molecule has 9 nitrogen and oxygen atoms in total. The van der Waals surface area contributed by atoms with Gasteiger partial charge in [-0.3, -0.25) is 14.9 Å². The number of aromatic nitrogens is 1. The highest BCUT2D eigenvalue weighted by Crippen LogP contribution is 2.23. The van der Waals surface area contributed by atoms with Gasteiger partial charge in [-0.2, -0.15) is 4.73 Å². The molecule has 1 heterocycles. The number of esters is 1. The molecule has 0 saturated heterocycles. The molecular weight excluding hydrogens is 318 g/mol. The zero-order valence-corrected chi connectivity index (χ0v) is 12.5. The molecule has 1 aromatic carbocycles. The number of ether oxygens (including phenoxy) is 1. The van der Waals surface area contributed by atoms with Crippen molar-refractivity contribution in [3.8, 4) is 0 Å². The van der Waals surface area contributed by atoms with E-state index in [2.05, 4.69) is 5.32 Å². The monoisotopic (exact) mass is 331 g/mol. The van der Waals surface area contributed by atoms with Crippen LogP contribution in [0.1, 0.15) is 17.3 Å². The maximum atomic E-state index is 12.0. The predicted molar refractivity (Wildman–Crippen MR) is 82.0 cm³/mol. The summed E-state index contributed by atoms with van der Waals surface area (Å²) in [5.74, 6) is -1.51. The minimum Gasteiger partial charge on any atom is -0.619 e. The SMILES string of the molecule is C[C@H](OC(=O)c1cc[n+]([O-])cc1)C(=O)Nc1ccccc1[N+](=O)[O-]. The summed E-state index contributed by atoms with van der Waals surface area (Å²) in [4.78, 5) is 34.2. The number of benzene rings is 1. The lowest BCUT2D eigenvalue weighted by Crippen LogP contribution is -2.30. The number of nitro benzene ring substituents is 1. The number of anilines is 1. The lowest BCUT2D eigenvalue weighted by atomic mass is 10.2. The van der Waals surface area contributed by atoms with E-state index in [1.54, 1.807) is 0 Å².